The van der Waals surface area contributed by atoms with Crippen LogP contribution >= 0.6 is 0 Å². The van der Waals surface area contributed by atoms with Crippen molar-refractivity contribution in [3.8, 4) is 5.75 Å². The molecule has 6 heteroatoms. The number of nitro benzene ring substituents is 1. The molecule has 2 rings (SSSR count). The van der Waals surface area contributed by atoms with Gasteiger partial charge in [0.25, 0.3) is 11.6 Å². The van der Waals surface area contributed by atoms with Gasteiger partial charge in [0.2, 0.25) is 0 Å². The van der Waals surface area contributed by atoms with E-state index in [1.807, 2.05) is 19.1 Å². The van der Waals surface area contributed by atoms with Gasteiger partial charge >= 0.3 is 0 Å². The first-order valence-electron chi connectivity index (χ1n) is 6.21. The maximum Gasteiger partial charge on any atom is 0.270 e. The van der Waals surface area contributed by atoms with Crippen LogP contribution in [0.2, 0.25) is 0 Å². The zero-order chi connectivity index (χ0) is 15.4. The van der Waals surface area contributed by atoms with Crippen LogP contribution in [0, 0.1) is 17.0 Å². The van der Waals surface area contributed by atoms with E-state index in [0.717, 1.165) is 5.56 Å². The Morgan fingerprint density at radius 1 is 1.19 bits per heavy atom. The van der Waals surface area contributed by atoms with Crippen LogP contribution in [0.4, 0.5) is 11.4 Å². The van der Waals surface area contributed by atoms with E-state index in [9.17, 15) is 14.9 Å². The van der Waals surface area contributed by atoms with E-state index < -0.39 is 10.8 Å². The molecule has 0 bridgehead atoms. The van der Waals surface area contributed by atoms with Gasteiger partial charge in [0.15, 0.2) is 0 Å². The highest BCUT2D eigenvalue weighted by Crippen LogP contribution is 2.25. The molecule has 0 aliphatic rings. The highest BCUT2D eigenvalue weighted by Gasteiger charge is 2.17. The zero-order valence-electron chi connectivity index (χ0n) is 11.6. The van der Waals surface area contributed by atoms with Crippen LogP contribution in [0.15, 0.2) is 42.5 Å². The van der Waals surface area contributed by atoms with E-state index in [1.54, 1.807) is 12.1 Å². The molecule has 6 nitrogen and oxygen atoms in total. The lowest BCUT2D eigenvalue weighted by Crippen LogP contribution is -2.13. The second-order valence-electron chi connectivity index (χ2n) is 4.46. The molecule has 2 aromatic rings. The summed E-state index contributed by atoms with van der Waals surface area (Å²) < 4.78 is 5.07. The molecule has 1 N–H and O–H groups in total. The van der Waals surface area contributed by atoms with Crippen LogP contribution in [-0.2, 0) is 0 Å². The first kappa shape index (κ1) is 14.5. The number of methoxy groups -OCH3 is 1. The van der Waals surface area contributed by atoms with Crippen molar-refractivity contribution in [1.82, 2.24) is 0 Å². The van der Waals surface area contributed by atoms with E-state index in [-0.39, 0.29) is 17.0 Å². The van der Waals surface area contributed by atoms with E-state index >= 15 is 0 Å². The summed E-state index contributed by atoms with van der Waals surface area (Å²) in [6.07, 6.45) is 0. The van der Waals surface area contributed by atoms with E-state index in [1.165, 1.54) is 25.3 Å². The number of anilines is 1. The van der Waals surface area contributed by atoms with Crippen molar-refractivity contribution in [2.75, 3.05) is 12.4 Å². The van der Waals surface area contributed by atoms with Gasteiger partial charge in [-0.15, -0.1) is 0 Å². The van der Waals surface area contributed by atoms with Gasteiger partial charge in [-0.2, -0.15) is 0 Å². The van der Waals surface area contributed by atoms with Crippen molar-refractivity contribution >= 4 is 17.3 Å². The molecular formula is C15H14N2O4. The largest absolute Gasteiger partial charge is 0.496 e. The van der Waals surface area contributed by atoms with Gasteiger partial charge in [-0.1, -0.05) is 17.7 Å². The zero-order valence-corrected chi connectivity index (χ0v) is 11.6. The van der Waals surface area contributed by atoms with Gasteiger partial charge in [0.05, 0.1) is 17.6 Å². The fraction of sp³-hybridized carbons (Fsp3) is 0.133. The molecule has 0 atom stereocenters. The number of carbonyl (C=O) groups is 1. The minimum Gasteiger partial charge on any atom is -0.496 e. The Balaban J connectivity index is 2.30. The smallest absolute Gasteiger partial charge is 0.270 e. The molecule has 0 radical (unpaired) electrons. The number of rotatable bonds is 4. The highest BCUT2D eigenvalue weighted by molar-refractivity contribution is 6.06. The Labute approximate surface area is 121 Å². The Hall–Kier alpha value is -2.89. The number of carbonyl (C=O) groups excluding carboxylic acids is 1. The number of ether oxygens (including phenoxy) is 1. The highest BCUT2D eigenvalue weighted by atomic mass is 16.6. The summed E-state index contributed by atoms with van der Waals surface area (Å²) in [5.41, 5.74) is 1.64. The number of hydrogen-bond donors (Lipinski definition) is 1. The second kappa shape index (κ2) is 6.04. The first-order chi connectivity index (χ1) is 10.0. The lowest BCUT2D eigenvalue weighted by Gasteiger charge is -2.09. The number of hydrogen-bond acceptors (Lipinski definition) is 4. The Morgan fingerprint density at radius 3 is 2.43 bits per heavy atom. The average Bonchev–Trinajstić information content (AvgIpc) is 2.48. The monoisotopic (exact) mass is 286 g/mol. The molecular weight excluding hydrogens is 272 g/mol. The molecule has 0 aliphatic carbocycles. The Kier molecular flexibility index (Phi) is 4.18. The van der Waals surface area contributed by atoms with Crippen LogP contribution in [0.3, 0.4) is 0 Å². The summed E-state index contributed by atoms with van der Waals surface area (Å²) in [5.74, 6) is -0.176. The number of amides is 1. The van der Waals surface area contributed by atoms with Gasteiger partial charge in [0.1, 0.15) is 5.75 Å². The van der Waals surface area contributed by atoms with Crippen LogP contribution in [0.5, 0.6) is 5.75 Å². The minimum absolute atomic E-state index is 0.118. The topological polar surface area (TPSA) is 81.5 Å². The average molecular weight is 286 g/mol. The van der Waals surface area contributed by atoms with Crippen molar-refractivity contribution in [1.29, 1.82) is 0 Å². The number of non-ortho nitro benzene ring substituents is 1. The lowest BCUT2D eigenvalue weighted by atomic mass is 10.1. The van der Waals surface area contributed by atoms with Crippen LogP contribution in [0.25, 0.3) is 0 Å². The van der Waals surface area contributed by atoms with Gasteiger partial charge < -0.3 is 10.1 Å². The van der Waals surface area contributed by atoms with Crippen LogP contribution < -0.4 is 10.1 Å². The molecule has 0 saturated heterocycles. The summed E-state index contributed by atoms with van der Waals surface area (Å²) in [5, 5.41) is 13.5. The molecule has 0 saturated carbocycles. The SMILES string of the molecule is COc1ccc([N+](=O)[O-])cc1C(=O)Nc1ccc(C)cc1. The molecule has 0 aliphatic heterocycles. The third-order valence-electron chi connectivity index (χ3n) is 2.95. The third kappa shape index (κ3) is 3.36. The van der Waals surface area contributed by atoms with E-state index in [0.29, 0.717) is 5.69 Å². The van der Waals surface area contributed by atoms with Crippen molar-refractivity contribution < 1.29 is 14.5 Å². The molecule has 0 fully saturated rings. The molecule has 0 unspecified atom stereocenters. The number of nitro groups is 1. The maximum absolute atomic E-state index is 12.2. The quantitative estimate of drug-likeness (QED) is 0.691. The lowest BCUT2D eigenvalue weighted by molar-refractivity contribution is -0.384. The third-order valence-corrected chi connectivity index (χ3v) is 2.95. The summed E-state index contributed by atoms with van der Waals surface area (Å²) >= 11 is 0. The molecule has 108 valence electrons. The van der Waals surface area contributed by atoms with Gasteiger partial charge in [-0.3, -0.25) is 14.9 Å². The van der Waals surface area contributed by atoms with Crippen molar-refractivity contribution in [3.63, 3.8) is 0 Å². The van der Waals surface area contributed by atoms with Crippen molar-refractivity contribution in [3.05, 3.63) is 63.7 Å². The fourth-order valence-corrected chi connectivity index (χ4v) is 1.82. The fourth-order valence-electron chi connectivity index (χ4n) is 1.82. The maximum atomic E-state index is 12.2. The molecule has 0 aromatic heterocycles. The number of aryl methyl sites for hydroxylation is 1. The standard InChI is InChI=1S/C15H14N2O4/c1-10-3-5-11(6-4-10)16-15(18)13-9-12(17(19)20)7-8-14(13)21-2/h3-9H,1-2H3,(H,16,18). The van der Waals surface area contributed by atoms with E-state index in [2.05, 4.69) is 5.32 Å². The number of benzene rings is 2. The second-order valence-corrected chi connectivity index (χ2v) is 4.46. The first-order valence-corrected chi connectivity index (χ1v) is 6.21. The predicted molar refractivity (Wildman–Crippen MR) is 78.8 cm³/mol. The molecule has 0 spiro atoms. The summed E-state index contributed by atoms with van der Waals surface area (Å²) in [6.45, 7) is 1.94. The molecule has 0 heterocycles. The number of nitrogens with one attached hydrogen (secondary N) is 1. The van der Waals surface area contributed by atoms with Crippen LogP contribution in [-0.4, -0.2) is 17.9 Å². The molecule has 2 aromatic carbocycles. The van der Waals surface area contributed by atoms with E-state index in [4.69, 9.17) is 4.74 Å². The minimum atomic E-state index is -0.553. The Bertz CT molecular complexity index is 681. The van der Waals surface area contributed by atoms with Gasteiger partial charge in [-0.05, 0) is 25.1 Å². The predicted octanol–water partition coefficient (Wildman–Crippen LogP) is 3.16. The summed E-state index contributed by atoms with van der Waals surface area (Å²) in [7, 11) is 1.41. The Morgan fingerprint density at radius 2 is 1.86 bits per heavy atom. The van der Waals surface area contributed by atoms with Gasteiger partial charge in [-0.25, -0.2) is 0 Å². The van der Waals surface area contributed by atoms with Crippen molar-refractivity contribution in [2.24, 2.45) is 0 Å². The number of nitrogens with zero attached hydrogens (tertiary/aromatic N) is 1. The molecule has 21 heavy (non-hydrogen) atoms. The summed E-state index contributed by atoms with van der Waals surface area (Å²) in [6, 6.07) is 11.1. The normalized spacial score (nSPS) is 10.0. The summed E-state index contributed by atoms with van der Waals surface area (Å²) in [4.78, 5) is 22.5. The molecule has 1 amide bonds. The van der Waals surface area contributed by atoms with Crippen molar-refractivity contribution in [2.45, 2.75) is 6.92 Å². The van der Waals surface area contributed by atoms with Gasteiger partial charge in [0, 0.05) is 17.8 Å². The van der Waals surface area contributed by atoms with Crippen LogP contribution in [0.1, 0.15) is 15.9 Å².